The van der Waals surface area contributed by atoms with Crippen LogP contribution < -0.4 is 5.32 Å². The number of amides is 2. The third kappa shape index (κ3) is 11.0. The summed E-state index contributed by atoms with van der Waals surface area (Å²) in [4.78, 5) is 39.6. The Balaban J connectivity index is 3.24. The molecule has 0 aliphatic heterocycles. The van der Waals surface area contributed by atoms with Gasteiger partial charge in [0.05, 0.1) is 6.42 Å². The van der Waals surface area contributed by atoms with E-state index in [2.05, 4.69) is 5.32 Å². The summed E-state index contributed by atoms with van der Waals surface area (Å²) in [5.41, 5.74) is 0.821. The summed E-state index contributed by atoms with van der Waals surface area (Å²) in [6, 6.07) is 5.33. The summed E-state index contributed by atoms with van der Waals surface area (Å²) in [6.45, 7) is 13.5. The van der Waals surface area contributed by atoms with Crippen molar-refractivity contribution in [2.24, 2.45) is 0 Å². The third-order valence-electron chi connectivity index (χ3n) is 4.69. The number of nitrogens with zero attached hydrogens (tertiary/aromatic N) is 1. The van der Waals surface area contributed by atoms with Crippen LogP contribution in [0.1, 0.15) is 75.4 Å². The van der Waals surface area contributed by atoms with Crippen molar-refractivity contribution in [3.05, 3.63) is 34.9 Å². The number of ether oxygens (including phenoxy) is 2. The average Bonchev–Trinajstić information content (AvgIpc) is 2.68. The van der Waals surface area contributed by atoms with Crippen LogP contribution >= 0.6 is 23.2 Å². The van der Waals surface area contributed by atoms with Gasteiger partial charge in [-0.15, -0.1) is 23.2 Å². The zero-order valence-electron chi connectivity index (χ0n) is 21.3. The molecule has 0 saturated carbocycles. The number of hydrogen-bond donors (Lipinski definition) is 1. The lowest BCUT2D eigenvalue weighted by molar-refractivity contribution is -0.155. The van der Waals surface area contributed by atoms with Gasteiger partial charge in [0, 0.05) is 42.9 Å². The molecule has 0 aliphatic rings. The number of halogens is 2. The quantitative estimate of drug-likeness (QED) is 0.338. The van der Waals surface area contributed by atoms with E-state index >= 15 is 0 Å². The number of benzene rings is 1. The molecule has 1 atom stereocenters. The monoisotopic (exact) mass is 516 g/mol. The van der Waals surface area contributed by atoms with Crippen LogP contribution in [0.15, 0.2) is 18.2 Å². The van der Waals surface area contributed by atoms with Crippen LogP contribution in [0.3, 0.4) is 0 Å². The van der Waals surface area contributed by atoms with E-state index < -0.39 is 29.2 Å². The minimum Gasteiger partial charge on any atom is -0.460 e. The zero-order chi connectivity index (χ0) is 26.1. The molecule has 1 unspecified atom stereocenters. The second kappa shape index (κ2) is 13.2. The van der Waals surface area contributed by atoms with Crippen LogP contribution in [-0.4, -0.2) is 65.5 Å². The molecule has 0 radical (unpaired) electrons. The van der Waals surface area contributed by atoms with E-state index in [1.165, 1.54) is 0 Å². The standard InChI is InChI=1S/C25H38Cl2N2O5/c1-17-8-9-18(22(31)29(12-10-26)13-11-27)14-20(17)19(15-21(30)33-24(2,3)4)16-28-23(32)34-25(5,6)7/h8-9,14,19H,10-13,15-16H2,1-7H3,(H,28,32). The molecule has 192 valence electrons. The average molecular weight is 517 g/mol. The minimum atomic E-state index is -0.651. The van der Waals surface area contributed by atoms with E-state index in [4.69, 9.17) is 32.7 Å². The Bertz CT molecular complexity index is 841. The highest BCUT2D eigenvalue weighted by atomic mass is 35.5. The molecule has 9 heteroatoms. The van der Waals surface area contributed by atoms with Gasteiger partial charge in [0.15, 0.2) is 0 Å². The summed E-state index contributed by atoms with van der Waals surface area (Å²) in [7, 11) is 0. The molecule has 1 N–H and O–H groups in total. The number of hydrogen-bond acceptors (Lipinski definition) is 5. The highest BCUT2D eigenvalue weighted by molar-refractivity contribution is 6.18. The Morgan fingerprint density at radius 1 is 0.971 bits per heavy atom. The molecule has 1 aromatic rings. The summed E-state index contributed by atoms with van der Waals surface area (Å²) in [5, 5.41) is 2.75. The first-order chi connectivity index (χ1) is 15.7. The fourth-order valence-electron chi connectivity index (χ4n) is 3.31. The van der Waals surface area contributed by atoms with Gasteiger partial charge >= 0.3 is 12.1 Å². The van der Waals surface area contributed by atoms with Gasteiger partial charge in [0.25, 0.3) is 5.91 Å². The highest BCUT2D eigenvalue weighted by Gasteiger charge is 2.26. The SMILES string of the molecule is Cc1ccc(C(=O)N(CCCl)CCCl)cc1C(CNC(=O)OC(C)(C)C)CC(=O)OC(C)(C)C. The van der Waals surface area contributed by atoms with Gasteiger partial charge < -0.3 is 19.7 Å². The lowest BCUT2D eigenvalue weighted by Gasteiger charge is -2.26. The number of nitrogens with one attached hydrogen (secondary N) is 1. The fourth-order valence-corrected chi connectivity index (χ4v) is 3.72. The first-order valence-corrected chi connectivity index (χ1v) is 12.4. The van der Waals surface area contributed by atoms with Gasteiger partial charge in [-0.3, -0.25) is 9.59 Å². The molecule has 0 bridgehead atoms. The van der Waals surface area contributed by atoms with Gasteiger partial charge in [0.1, 0.15) is 11.2 Å². The van der Waals surface area contributed by atoms with Gasteiger partial charge in [-0.2, -0.15) is 0 Å². The van der Waals surface area contributed by atoms with Gasteiger partial charge in [-0.25, -0.2) is 4.79 Å². The van der Waals surface area contributed by atoms with E-state index in [0.717, 1.165) is 11.1 Å². The molecular formula is C25H38Cl2N2O5. The van der Waals surface area contributed by atoms with E-state index in [1.54, 1.807) is 58.6 Å². The van der Waals surface area contributed by atoms with Gasteiger partial charge in [-0.05, 0) is 71.7 Å². The van der Waals surface area contributed by atoms with Crippen LogP contribution in [0.25, 0.3) is 0 Å². The van der Waals surface area contributed by atoms with Crippen molar-refractivity contribution < 1.29 is 23.9 Å². The van der Waals surface area contributed by atoms with Crippen molar-refractivity contribution in [3.8, 4) is 0 Å². The van der Waals surface area contributed by atoms with Crippen molar-refractivity contribution in [3.63, 3.8) is 0 Å². The Hall–Kier alpha value is -1.99. The first-order valence-electron chi connectivity index (χ1n) is 11.4. The smallest absolute Gasteiger partial charge is 0.407 e. The largest absolute Gasteiger partial charge is 0.460 e. The van der Waals surface area contributed by atoms with Crippen molar-refractivity contribution in [1.29, 1.82) is 0 Å². The number of alkyl halides is 2. The minimum absolute atomic E-state index is 0.0264. The molecule has 1 aromatic carbocycles. The number of esters is 1. The normalized spacial score (nSPS) is 12.6. The Labute approximate surface area is 213 Å². The van der Waals surface area contributed by atoms with Crippen molar-refractivity contribution in [1.82, 2.24) is 10.2 Å². The highest BCUT2D eigenvalue weighted by Crippen LogP contribution is 2.26. The Morgan fingerprint density at radius 3 is 2.03 bits per heavy atom. The van der Waals surface area contributed by atoms with Gasteiger partial charge in [0.2, 0.25) is 0 Å². The Kier molecular flexibility index (Phi) is 11.7. The van der Waals surface area contributed by atoms with Crippen LogP contribution in [0.2, 0.25) is 0 Å². The zero-order valence-corrected chi connectivity index (χ0v) is 22.8. The molecule has 0 heterocycles. The molecule has 0 aromatic heterocycles. The first kappa shape index (κ1) is 30.0. The topological polar surface area (TPSA) is 84.9 Å². The van der Waals surface area contributed by atoms with Crippen LogP contribution in [-0.2, 0) is 14.3 Å². The van der Waals surface area contributed by atoms with E-state index in [1.807, 2.05) is 13.0 Å². The molecule has 1 rings (SSSR count). The second-order valence-electron chi connectivity index (χ2n) is 10.1. The van der Waals surface area contributed by atoms with Gasteiger partial charge in [-0.1, -0.05) is 6.07 Å². The van der Waals surface area contributed by atoms with E-state index in [9.17, 15) is 14.4 Å². The van der Waals surface area contributed by atoms with Crippen LogP contribution in [0.4, 0.5) is 4.79 Å². The summed E-state index contributed by atoms with van der Waals surface area (Å²) < 4.78 is 10.8. The Morgan fingerprint density at radius 2 is 1.53 bits per heavy atom. The third-order valence-corrected chi connectivity index (χ3v) is 5.02. The summed E-state index contributed by atoms with van der Waals surface area (Å²) >= 11 is 11.7. The molecular weight excluding hydrogens is 479 g/mol. The molecule has 2 amide bonds. The number of rotatable bonds is 10. The summed E-state index contributed by atoms with van der Waals surface area (Å²) in [6.07, 6.45) is -0.555. The van der Waals surface area contributed by atoms with Crippen molar-refractivity contribution >= 4 is 41.2 Å². The molecule has 0 saturated heterocycles. The maximum absolute atomic E-state index is 13.1. The molecule has 0 aliphatic carbocycles. The molecule has 0 fully saturated rings. The van der Waals surface area contributed by atoms with E-state index in [-0.39, 0.29) is 18.9 Å². The van der Waals surface area contributed by atoms with Crippen molar-refractivity contribution in [2.75, 3.05) is 31.4 Å². The molecule has 7 nitrogen and oxygen atoms in total. The summed E-state index contributed by atoms with van der Waals surface area (Å²) in [5.74, 6) is -0.431. The maximum atomic E-state index is 13.1. The lowest BCUT2D eigenvalue weighted by Crippen LogP contribution is -2.36. The molecule has 0 spiro atoms. The van der Waals surface area contributed by atoms with Crippen molar-refractivity contribution in [2.45, 2.75) is 72.0 Å². The lowest BCUT2D eigenvalue weighted by atomic mass is 9.90. The maximum Gasteiger partial charge on any atom is 0.407 e. The predicted molar refractivity (Wildman–Crippen MR) is 136 cm³/mol. The number of carbonyl (C=O) groups excluding carboxylic acids is 3. The number of carbonyl (C=O) groups is 3. The fraction of sp³-hybridized carbons (Fsp3) is 0.640. The number of alkyl carbamates (subject to hydrolysis) is 1. The molecule has 34 heavy (non-hydrogen) atoms. The predicted octanol–water partition coefficient (Wildman–Crippen LogP) is 5.25. The van der Waals surface area contributed by atoms with E-state index in [0.29, 0.717) is 30.4 Å². The van der Waals surface area contributed by atoms with Crippen LogP contribution in [0, 0.1) is 6.92 Å². The van der Waals surface area contributed by atoms with Crippen LogP contribution in [0.5, 0.6) is 0 Å². The second-order valence-corrected chi connectivity index (χ2v) is 10.9. The number of aryl methyl sites for hydroxylation is 1.